The standard InChI is InChI=1S/C17H16Cl2N2O4/c1-23-16-7-6-12(18)10-14(16)21-17(22)11-20-25-9-8-24-15-5-3-2-4-13(15)19/h2-7,10-11H,8-9H2,1H3,(H,21,22)/b20-11-. The van der Waals surface area contributed by atoms with Gasteiger partial charge in [-0.1, -0.05) is 40.5 Å². The fraction of sp³-hybridized carbons (Fsp3) is 0.176. The van der Waals surface area contributed by atoms with Crippen molar-refractivity contribution in [2.24, 2.45) is 5.16 Å². The van der Waals surface area contributed by atoms with Crippen molar-refractivity contribution >= 4 is 41.0 Å². The summed E-state index contributed by atoms with van der Waals surface area (Å²) < 4.78 is 10.6. The van der Waals surface area contributed by atoms with Gasteiger partial charge in [0.25, 0.3) is 5.91 Å². The fourth-order valence-electron chi connectivity index (χ4n) is 1.83. The van der Waals surface area contributed by atoms with Crippen molar-refractivity contribution in [2.45, 2.75) is 0 Å². The number of ether oxygens (including phenoxy) is 2. The van der Waals surface area contributed by atoms with E-state index in [1.165, 1.54) is 7.11 Å². The molecule has 0 atom stereocenters. The SMILES string of the molecule is COc1ccc(Cl)cc1NC(=O)/C=N\OCCOc1ccccc1Cl. The van der Waals surface area contributed by atoms with Crippen molar-refractivity contribution < 1.29 is 19.1 Å². The number of carbonyl (C=O) groups excluding carboxylic acids is 1. The molecule has 0 saturated carbocycles. The summed E-state index contributed by atoms with van der Waals surface area (Å²) in [5.41, 5.74) is 0.438. The van der Waals surface area contributed by atoms with E-state index >= 15 is 0 Å². The van der Waals surface area contributed by atoms with E-state index in [1.807, 2.05) is 12.1 Å². The van der Waals surface area contributed by atoms with E-state index in [-0.39, 0.29) is 13.2 Å². The van der Waals surface area contributed by atoms with E-state index in [2.05, 4.69) is 10.5 Å². The highest BCUT2D eigenvalue weighted by Crippen LogP contribution is 2.27. The van der Waals surface area contributed by atoms with E-state index in [1.54, 1.807) is 30.3 Å². The van der Waals surface area contributed by atoms with Gasteiger partial charge in [-0.15, -0.1) is 0 Å². The number of nitrogens with zero attached hydrogens (tertiary/aromatic N) is 1. The first-order valence-electron chi connectivity index (χ1n) is 7.27. The predicted octanol–water partition coefficient (Wildman–Crippen LogP) is 4.02. The quantitative estimate of drug-likeness (QED) is 0.425. The monoisotopic (exact) mass is 382 g/mol. The third-order valence-electron chi connectivity index (χ3n) is 2.93. The number of para-hydroxylation sites is 1. The summed E-state index contributed by atoms with van der Waals surface area (Å²) in [6, 6.07) is 12.0. The van der Waals surface area contributed by atoms with Crippen LogP contribution in [0, 0.1) is 0 Å². The zero-order valence-electron chi connectivity index (χ0n) is 13.4. The van der Waals surface area contributed by atoms with Crippen molar-refractivity contribution in [1.29, 1.82) is 0 Å². The Morgan fingerprint density at radius 3 is 2.72 bits per heavy atom. The molecule has 0 radical (unpaired) electrons. The minimum Gasteiger partial charge on any atom is -0.495 e. The highest BCUT2D eigenvalue weighted by molar-refractivity contribution is 6.33. The number of nitrogens with one attached hydrogen (secondary N) is 1. The Morgan fingerprint density at radius 2 is 1.96 bits per heavy atom. The van der Waals surface area contributed by atoms with Crippen LogP contribution in [0.2, 0.25) is 10.0 Å². The topological polar surface area (TPSA) is 69.2 Å². The minimum absolute atomic E-state index is 0.162. The third-order valence-corrected chi connectivity index (χ3v) is 3.48. The van der Waals surface area contributed by atoms with Crippen molar-refractivity contribution in [3.05, 3.63) is 52.5 Å². The van der Waals surface area contributed by atoms with Crippen LogP contribution in [0.1, 0.15) is 0 Å². The normalized spacial score (nSPS) is 10.5. The van der Waals surface area contributed by atoms with Crippen LogP contribution in [0.15, 0.2) is 47.6 Å². The average molecular weight is 383 g/mol. The molecule has 0 bridgehead atoms. The molecule has 0 aliphatic rings. The number of rotatable bonds is 8. The number of carbonyl (C=O) groups is 1. The number of oxime groups is 1. The van der Waals surface area contributed by atoms with Gasteiger partial charge in [0.05, 0.1) is 17.8 Å². The summed E-state index contributed by atoms with van der Waals surface area (Å²) >= 11 is 11.8. The lowest BCUT2D eigenvalue weighted by Crippen LogP contribution is -2.14. The molecule has 6 nitrogen and oxygen atoms in total. The summed E-state index contributed by atoms with van der Waals surface area (Å²) in [5.74, 6) is 0.565. The van der Waals surface area contributed by atoms with Crippen LogP contribution < -0.4 is 14.8 Å². The number of hydrogen-bond donors (Lipinski definition) is 1. The molecule has 0 spiro atoms. The predicted molar refractivity (Wildman–Crippen MR) is 98.0 cm³/mol. The van der Waals surface area contributed by atoms with Gasteiger partial charge in [0.2, 0.25) is 0 Å². The average Bonchev–Trinajstić information content (AvgIpc) is 2.59. The summed E-state index contributed by atoms with van der Waals surface area (Å²) in [7, 11) is 1.50. The molecule has 132 valence electrons. The first-order chi connectivity index (χ1) is 12.1. The molecule has 1 amide bonds. The van der Waals surface area contributed by atoms with Crippen molar-refractivity contribution in [2.75, 3.05) is 25.6 Å². The second kappa shape index (κ2) is 9.76. The Balaban J connectivity index is 1.74. The van der Waals surface area contributed by atoms with E-state index in [0.717, 1.165) is 6.21 Å². The lowest BCUT2D eigenvalue weighted by molar-refractivity contribution is -0.110. The molecular formula is C17H16Cl2N2O4. The highest BCUT2D eigenvalue weighted by Gasteiger charge is 2.06. The number of benzene rings is 2. The summed E-state index contributed by atoms with van der Waals surface area (Å²) in [4.78, 5) is 16.8. The highest BCUT2D eigenvalue weighted by atomic mass is 35.5. The zero-order valence-corrected chi connectivity index (χ0v) is 14.9. The lowest BCUT2D eigenvalue weighted by Gasteiger charge is -2.08. The summed E-state index contributed by atoms with van der Waals surface area (Å²) in [5, 5.41) is 7.16. The summed E-state index contributed by atoms with van der Waals surface area (Å²) in [6.07, 6.45) is 1.01. The number of amides is 1. The van der Waals surface area contributed by atoms with Crippen LogP contribution in [-0.4, -0.2) is 32.4 Å². The smallest absolute Gasteiger partial charge is 0.270 e. The van der Waals surface area contributed by atoms with Crippen molar-refractivity contribution in [3.63, 3.8) is 0 Å². The second-order valence-corrected chi connectivity index (χ2v) is 5.52. The van der Waals surface area contributed by atoms with Gasteiger partial charge in [-0.3, -0.25) is 4.79 Å². The lowest BCUT2D eigenvalue weighted by atomic mass is 10.3. The maximum Gasteiger partial charge on any atom is 0.270 e. The second-order valence-electron chi connectivity index (χ2n) is 4.68. The number of methoxy groups -OCH3 is 1. The Hall–Kier alpha value is -2.44. The molecule has 8 heteroatoms. The molecular weight excluding hydrogens is 367 g/mol. The molecule has 0 unspecified atom stereocenters. The van der Waals surface area contributed by atoms with Gasteiger partial charge in [0, 0.05) is 5.02 Å². The largest absolute Gasteiger partial charge is 0.495 e. The molecule has 2 aromatic carbocycles. The van der Waals surface area contributed by atoms with Gasteiger partial charge in [0.1, 0.15) is 24.3 Å². The molecule has 0 aromatic heterocycles. The maximum absolute atomic E-state index is 11.8. The van der Waals surface area contributed by atoms with Gasteiger partial charge in [-0.05, 0) is 30.3 Å². The van der Waals surface area contributed by atoms with Gasteiger partial charge in [0.15, 0.2) is 6.61 Å². The molecule has 0 heterocycles. The molecule has 0 aliphatic carbocycles. The van der Waals surface area contributed by atoms with Gasteiger partial charge in [-0.25, -0.2) is 0 Å². The number of hydrogen-bond acceptors (Lipinski definition) is 5. The molecule has 0 saturated heterocycles. The van der Waals surface area contributed by atoms with Crippen LogP contribution in [-0.2, 0) is 9.63 Å². The van der Waals surface area contributed by atoms with E-state index in [9.17, 15) is 4.79 Å². The Labute approximate surface area is 155 Å². The molecule has 1 N–H and O–H groups in total. The first-order valence-corrected chi connectivity index (χ1v) is 8.03. The van der Waals surface area contributed by atoms with Crippen LogP contribution in [0.4, 0.5) is 5.69 Å². The summed E-state index contributed by atoms with van der Waals surface area (Å²) in [6.45, 7) is 0.403. The van der Waals surface area contributed by atoms with Crippen molar-refractivity contribution in [1.82, 2.24) is 0 Å². The van der Waals surface area contributed by atoms with Gasteiger partial charge < -0.3 is 19.6 Å². The number of anilines is 1. The number of halogens is 2. The molecule has 0 aliphatic heterocycles. The van der Waals surface area contributed by atoms with E-state index < -0.39 is 5.91 Å². The molecule has 25 heavy (non-hydrogen) atoms. The van der Waals surface area contributed by atoms with Crippen molar-refractivity contribution in [3.8, 4) is 11.5 Å². The van der Waals surface area contributed by atoms with Crippen LogP contribution in [0.25, 0.3) is 0 Å². The minimum atomic E-state index is -0.479. The molecule has 2 aromatic rings. The van der Waals surface area contributed by atoms with Crippen LogP contribution in [0.5, 0.6) is 11.5 Å². The Morgan fingerprint density at radius 1 is 1.16 bits per heavy atom. The van der Waals surface area contributed by atoms with Gasteiger partial charge >= 0.3 is 0 Å². The van der Waals surface area contributed by atoms with Crippen LogP contribution in [0.3, 0.4) is 0 Å². The zero-order chi connectivity index (χ0) is 18.1. The third kappa shape index (κ3) is 6.17. The van der Waals surface area contributed by atoms with E-state index in [4.69, 9.17) is 37.5 Å². The Kier molecular flexibility index (Phi) is 7.37. The molecule has 2 rings (SSSR count). The Bertz CT molecular complexity index is 753. The fourth-order valence-corrected chi connectivity index (χ4v) is 2.19. The first kappa shape index (κ1) is 18.9. The maximum atomic E-state index is 11.8. The van der Waals surface area contributed by atoms with Gasteiger partial charge in [-0.2, -0.15) is 0 Å². The van der Waals surface area contributed by atoms with E-state index in [0.29, 0.717) is 27.2 Å². The molecule has 0 fully saturated rings. The van der Waals surface area contributed by atoms with Crippen LogP contribution >= 0.6 is 23.2 Å².